The minimum Gasteiger partial charge on any atom is -0.383 e. The number of nitrogens with one attached hydrogen (secondary N) is 1. The van der Waals surface area contributed by atoms with E-state index in [1.165, 1.54) is 5.56 Å². The van der Waals surface area contributed by atoms with Gasteiger partial charge < -0.3 is 10.1 Å². The maximum absolute atomic E-state index is 5.32. The van der Waals surface area contributed by atoms with Gasteiger partial charge in [0.05, 0.1) is 6.61 Å². The SMILES string of the molecule is COCC(NC(c1ccccc1)C(C)C)C(C)C. The Morgan fingerprint density at radius 1 is 1.00 bits per heavy atom. The van der Waals surface area contributed by atoms with E-state index in [-0.39, 0.29) is 0 Å². The monoisotopic (exact) mass is 249 g/mol. The number of ether oxygens (including phenoxy) is 1. The van der Waals surface area contributed by atoms with Gasteiger partial charge in [-0.05, 0) is 17.4 Å². The highest BCUT2D eigenvalue weighted by Crippen LogP contribution is 2.23. The van der Waals surface area contributed by atoms with Gasteiger partial charge in [-0.25, -0.2) is 0 Å². The molecule has 2 atom stereocenters. The zero-order chi connectivity index (χ0) is 13.5. The van der Waals surface area contributed by atoms with Crippen molar-refractivity contribution in [1.82, 2.24) is 5.32 Å². The molecule has 0 aliphatic carbocycles. The second kappa shape index (κ2) is 7.55. The first-order chi connectivity index (χ1) is 8.56. The predicted molar refractivity (Wildman–Crippen MR) is 77.7 cm³/mol. The molecule has 0 fully saturated rings. The van der Waals surface area contributed by atoms with Crippen molar-refractivity contribution in [2.45, 2.75) is 39.8 Å². The first kappa shape index (κ1) is 15.2. The molecular weight excluding hydrogens is 222 g/mol. The second-order valence-electron chi connectivity index (χ2n) is 5.60. The van der Waals surface area contributed by atoms with Crippen LogP contribution in [-0.4, -0.2) is 19.8 Å². The Morgan fingerprint density at radius 3 is 2.06 bits per heavy atom. The van der Waals surface area contributed by atoms with Crippen molar-refractivity contribution in [3.63, 3.8) is 0 Å². The third kappa shape index (κ3) is 4.43. The van der Waals surface area contributed by atoms with Gasteiger partial charge in [0.1, 0.15) is 0 Å². The number of benzene rings is 1. The normalized spacial score (nSPS) is 15.1. The molecule has 0 spiro atoms. The smallest absolute Gasteiger partial charge is 0.0618 e. The number of hydrogen-bond donors (Lipinski definition) is 1. The van der Waals surface area contributed by atoms with E-state index < -0.39 is 0 Å². The molecule has 2 nitrogen and oxygen atoms in total. The van der Waals surface area contributed by atoms with Gasteiger partial charge in [-0.15, -0.1) is 0 Å². The minimum absolute atomic E-state index is 0.383. The maximum atomic E-state index is 5.32. The molecule has 0 radical (unpaired) electrons. The third-order valence-corrected chi connectivity index (χ3v) is 3.37. The second-order valence-corrected chi connectivity index (χ2v) is 5.60. The number of rotatable bonds is 7. The predicted octanol–water partition coefficient (Wildman–Crippen LogP) is 3.64. The summed E-state index contributed by atoms with van der Waals surface area (Å²) >= 11 is 0. The third-order valence-electron chi connectivity index (χ3n) is 3.37. The summed E-state index contributed by atoms with van der Waals surface area (Å²) in [7, 11) is 1.77. The van der Waals surface area contributed by atoms with Gasteiger partial charge in [0, 0.05) is 19.2 Å². The van der Waals surface area contributed by atoms with Crippen LogP contribution in [0, 0.1) is 11.8 Å². The fraction of sp³-hybridized carbons (Fsp3) is 0.625. The van der Waals surface area contributed by atoms with Crippen LogP contribution in [0.2, 0.25) is 0 Å². The Morgan fingerprint density at radius 2 is 1.61 bits per heavy atom. The largest absolute Gasteiger partial charge is 0.383 e. The van der Waals surface area contributed by atoms with E-state index in [2.05, 4.69) is 63.3 Å². The molecule has 18 heavy (non-hydrogen) atoms. The van der Waals surface area contributed by atoms with Crippen molar-refractivity contribution in [3.8, 4) is 0 Å². The zero-order valence-electron chi connectivity index (χ0n) is 12.3. The van der Waals surface area contributed by atoms with Gasteiger partial charge in [0.2, 0.25) is 0 Å². The van der Waals surface area contributed by atoms with Crippen LogP contribution >= 0.6 is 0 Å². The van der Waals surface area contributed by atoms with Crippen molar-refractivity contribution >= 4 is 0 Å². The van der Waals surface area contributed by atoms with Gasteiger partial charge in [0.15, 0.2) is 0 Å². The molecular formula is C16H27NO. The van der Waals surface area contributed by atoms with E-state index in [1.807, 2.05) is 0 Å². The van der Waals surface area contributed by atoms with Gasteiger partial charge in [-0.2, -0.15) is 0 Å². The molecule has 1 aromatic rings. The lowest BCUT2D eigenvalue weighted by Crippen LogP contribution is -2.41. The van der Waals surface area contributed by atoms with Gasteiger partial charge in [-0.3, -0.25) is 0 Å². The molecule has 0 aliphatic rings. The van der Waals surface area contributed by atoms with Gasteiger partial charge in [0.25, 0.3) is 0 Å². The average Bonchev–Trinajstić information content (AvgIpc) is 2.34. The molecule has 102 valence electrons. The standard InChI is InChI=1S/C16H27NO/c1-12(2)15(11-18-5)17-16(13(3)4)14-9-7-6-8-10-14/h6-10,12-13,15-17H,11H2,1-5H3. The van der Waals surface area contributed by atoms with E-state index in [0.29, 0.717) is 23.9 Å². The molecule has 0 aromatic heterocycles. The molecule has 0 bridgehead atoms. The fourth-order valence-corrected chi connectivity index (χ4v) is 2.18. The lowest BCUT2D eigenvalue weighted by atomic mass is 9.93. The lowest BCUT2D eigenvalue weighted by molar-refractivity contribution is 0.135. The van der Waals surface area contributed by atoms with Crippen molar-refractivity contribution in [2.24, 2.45) is 11.8 Å². The minimum atomic E-state index is 0.383. The van der Waals surface area contributed by atoms with Crippen LogP contribution in [0.3, 0.4) is 0 Å². The molecule has 0 amide bonds. The van der Waals surface area contributed by atoms with Crippen LogP contribution in [0.5, 0.6) is 0 Å². The summed E-state index contributed by atoms with van der Waals surface area (Å²) in [5.74, 6) is 1.13. The Balaban J connectivity index is 2.80. The van der Waals surface area contributed by atoms with Crippen LogP contribution in [0.1, 0.15) is 39.3 Å². The molecule has 0 saturated carbocycles. The van der Waals surface area contributed by atoms with E-state index in [1.54, 1.807) is 7.11 Å². The highest BCUT2D eigenvalue weighted by molar-refractivity contribution is 5.19. The van der Waals surface area contributed by atoms with Crippen molar-refractivity contribution in [3.05, 3.63) is 35.9 Å². The summed E-state index contributed by atoms with van der Waals surface area (Å²) < 4.78 is 5.32. The Kier molecular flexibility index (Phi) is 6.37. The summed E-state index contributed by atoms with van der Waals surface area (Å²) in [5, 5.41) is 3.75. The molecule has 2 unspecified atom stereocenters. The molecule has 0 heterocycles. The quantitative estimate of drug-likeness (QED) is 0.796. The summed E-state index contributed by atoms with van der Waals surface area (Å²) in [4.78, 5) is 0. The highest BCUT2D eigenvalue weighted by atomic mass is 16.5. The van der Waals surface area contributed by atoms with Gasteiger partial charge >= 0.3 is 0 Å². The van der Waals surface area contributed by atoms with Crippen LogP contribution in [0.15, 0.2) is 30.3 Å². The van der Waals surface area contributed by atoms with Crippen molar-refractivity contribution in [2.75, 3.05) is 13.7 Å². The summed E-state index contributed by atoms with van der Waals surface area (Å²) in [6.45, 7) is 9.75. The fourth-order valence-electron chi connectivity index (χ4n) is 2.18. The lowest BCUT2D eigenvalue weighted by Gasteiger charge is -2.30. The molecule has 2 heteroatoms. The number of methoxy groups -OCH3 is 1. The summed E-state index contributed by atoms with van der Waals surface area (Å²) in [6, 6.07) is 11.4. The van der Waals surface area contributed by atoms with E-state index in [9.17, 15) is 0 Å². The first-order valence-electron chi connectivity index (χ1n) is 6.86. The van der Waals surface area contributed by atoms with Crippen LogP contribution in [-0.2, 0) is 4.74 Å². The molecule has 0 saturated heterocycles. The number of hydrogen-bond acceptors (Lipinski definition) is 2. The maximum Gasteiger partial charge on any atom is 0.0618 e. The summed E-state index contributed by atoms with van der Waals surface area (Å²) in [5.41, 5.74) is 1.36. The van der Waals surface area contributed by atoms with E-state index >= 15 is 0 Å². The molecule has 1 rings (SSSR count). The van der Waals surface area contributed by atoms with Crippen molar-refractivity contribution in [1.29, 1.82) is 0 Å². The van der Waals surface area contributed by atoms with Crippen LogP contribution in [0.25, 0.3) is 0 Å². The summed E-state index contributed by atoms with van der Waals surface area (Å²) in [6.07, 6.45) is 0. The zero-order valence-corrected chi connectivity index (χ0v) is 12.3. The van der Waals surface area contributed by atoms with Crippen molar-refractivity contribution < 1.29 is 4.74 Å². The average molecular weight is 249 g/mol. The van der Waals surface area contributed by atoms with E-state index in [0.717, 1.165) is 6.61 Å². The molecule has 1 aromatic carbocycles. The topological polar surface area (TPSA) is 21.3 Å². The van der Waals surface area contributed by atoms with Crippen LogP contribution < -0.4 is 5.32 Å². The van der Waals surface area contributed by atoms with E-state index in [4.69, 9.17) is 4.74 Å². The first-order valence-corrected chi connectivity index (χ1v) is 6.86. The molecule has 0 aliphatic heterocycles. The highest BCUT2D eigenvalue weighted by Gasteiger charge is 2.21. The Bertz CT molecular complexity index is 321. The van der Waals surface area contributed by atoms with Crippen LogP contribution in [0.4, 0.5) is 0 Å². The molecule has 1 N–H and O–H groups in total. The Labute approximate surface area is 112 Å². The van der Waals surface area contributed by atoms with Gasteiger partial charge in [-0.1, -0.05) is 58.0 Å². The Hall–Kier alpha value is -0.860.